The zero-order valence-corrected chi connectivity index (χ0v) is 13.1. The van der Waals surface area contributed by atoms with E-state index in [1.807, 2.05) is 13.0 Å². The molecule has 1 heterocycles. The number of para-hydroxylation sites is 1. The Morgan fingerprint density at radius 3 is 2.84 bits per heavy atom. The highest BCUT2D eigenvalue weighted by Crippen LogP contribution is 2.21. The van der Waals surface area contributed by atoms with Gasteiger partial charge in [0.25, 0.3) is 0 Å². The first kappa shape index (κ1) is 14.5. The van der Waals surface area contributed by atoms with E-state index in [1.54, 1.807) is 6.26 Å². The van der Waals surface area contributed by atoms with Crippen LogP contribution < -0.4 is 0 Å². The Morgan fingerprint density at radius 2 is 2.21 bits per heavy atom. The molecule has 0 fully saturated rings. The lowest BCUT2D eigenvalue weighted by Crippen LogP contribution is -2.13. The summed E-state index contributed by atoms with van der Waals surface area (Å²) in [6, 6.07) is 6.16. The smallest absolute Gasteiger partial charge is 0.124 e. The third-order valence-electron chi connectivity index (χ3n) is 3.51. The van der Waals surface area contributed by atoms with Crippen LogP contribution in [0.1, 0.15) is 24.7 Å². The van der Waals surface area contributed by atoms with Gasteiger partial charge in [0.2, 0.25) is 0 Å². The second-order valence-electron chi connectivity index (χ2n) is 4.85. The fraction of sp³-hybridized carbons (Fsp3) is 0.500. The fourth-order valence-corrected chi connectivity index (χ4v) is 2.80. The molecule has 3 nitrogen and oxygen atoms in total. The number of fused-ring (bicyclic) bond motifs is 1. The lowest BCUT2D eigenvalue weighted by molar-refractivity contribution is 0.617. The van der Waals surface area contributed by atoms with Gasteiger partial charge in [0.1, 0.15) is 5.82 Å². The van der Waals surface area contributed by atoms with Gasteiger partial charge in [0.05, 0.1) is 16.9 Å². The van der Waals surface area contributed by atoms with E-state index < -0.39 is 10.8 Å². The molecule has 2 rings (SSSR count). The van der Waals surface area contributed by atoms with Gasteiger partial charge < -0.3 is 4.57 Å². The largest absolute Gasteiger partial charge is 0.327 e. The number of nitrogens with zero attached hydrogens (tertiary/aromatic N) is 2. The molecular weight excluding hydrogens is 280 g/mol. The molecule has 0 bridgehead atoms. The molecule has 5 heteroatoms. The molecule has 0 aliphatic heterocycles. The summed E-state index contributed by atoms with van der Waals surface area (Å²) in [6.07, 6.45) is 2.62. The van der Waals surface area contributed by atoms with Gasteiger partial charge in [-0.25, -0.2) is 4.98 Å². The predicted octanol–water partition coefficient (Wildman–Crippen LogP) is 3.24. The molecule has 1 aromatic heterocycles. The first-order valence-corrected chi connectivity index (χ1v) is 8.53. The van der Waals surface area contributed by atoms with Crippen LogP contribution in [0.3, 0.4) is 0 Å². The Balaban J connectivity index is 2.35. The minimum absolute atomic E-state index is 0.186. The summed E-state index contributed by atoms with van der Waals surface area (Å²) in [5, 5.41) is 0.186. The summed E-state index contributed by atoms with van der Waals surface area (Å²) in [4.78, 5) is 4.61. The zero-order valence-electron chi connectivity index (χ0n) is 11.5. The molecule has 0 amide bonds. The van der Waals surface area contributed by atoms with Crippen LogP contribution in [-0.2, 0) is 23.2 Å². The second kappa shape index (κ2) is 6.06. The average molecular weight is 299 g/mol. The van der Waals surface area contributed by atoms with E-state index in [1.165, 1.54) is 0 Å². The van der Waals surface area contributed by atoms with Crippen molar-refractivity contribution in [2.45, 2.75) is 37.9 Å². The first-order valence-electron chi connectivity index (χ1n) is 6.37. The van der Waals surface area contributed by atoms with Crippen LogP contribution in [0.5, 0.6) is 0 Å². The van der Waals surface area contributed by atoms with E-state index in [9.17, 15) is 4.21 Å². The van der Waals surface area contributed by atoms with Gasteiger partial charge in [-0.3, -0.25) is 4.21 Å². The van der Waals surface area contributed by atoms with Crippen LogP contribution in [-0.4, -0.2) is 25.3 Å². The summed E-state index contributed by atoms with van der Waals surface area (Å²) in [5.41, 5.74) is 3.29. The SMILES string of the molecule is Cc1cccc2c1nc(CCl)n2CCC(C)S(C)=O. The quantitative estimate of drug-likeness (QED) is 0.794. The van der Waals surface area contributed by atoms with Crippen LogP contribution in [0, 0.1) is 6.92 Å². The zero-order chi connectivity index (χ0) is 14.0. The Bertz CT molecular complexity index is 609. The molecule has 0 aliphatic rings. The highest BCUT2D eigenvalue weighted by atomic mass is 35.5. The fourth-order valence-electron chi connectivity index (χ4n) is 2.16. The molecule has 19 heavy (non-hydrogen) atoms. The van der Waals surface area contributed by atoms with Crippen molar-refractivity contribution in [1.29, 1.82) is 0 Å². The second-order valence-corrected chi connectivity index (χ2v) is 6.92. The number of hydrogen-bond acceptors (Lipinski definition) is 2. The van der Waals surface area contributed by atoms with Gasteiger partial charge in [-0.15, -0.1) is 11.6 Å². The summed E-state index contributed by atoms with van der Waals surface area (Å²) in [7, 11) is -0.785. The van der Waals surface area contributed by atoms with Crippen LogP contribution in [0.15, 0.2) is 18.2 Å². The number of aromatic nitrogens is 2. The Kier molecular flexibility index (Phi) is 4.63. The standard InChI is InChI=1S/C14H19ClN2OS/c1-10-5-4-6-12-14(10)16-13(9-15)17(12)8-7-11(2)19(3)18/h4-6,11H,7-9H2,1-3H3. The minimum atomic E-state index is -0.785. The number of hydrogen-bond donors (Lipinski definition) is 0. The van der Waals surface area contributed by atoms with Gasteiger partial charge in [-0.2, -0.15) is 0 Å². The number of benzene rings is 1. The van der Waals surface area contributed by atoms with Crippen LogP contribution in [0.4, 0.5) is 0 Å². The van der Waals surface area contributed by atoms with Crippen molar-refractivity contribution in [2.75, 3.05) is 6.26 Å². The molecule has 104 valence electrons. The highest BCUT2D eigenvalue weighted by molar-refractivity contribution is 7.84. The molecule has 1 aromatic carbocycles. The topological polar surface area (TPSA) is 34.9 Å². The van der Waals surface area contributed by atoms with Crippen molar-refractivity contribution in [1.82, 2.24) is 9.55 Å². The molecule has 0 spiro atoms. The number of halogens is 1. The summed E-state index contributed by atoms with van der Waals surface area (Å²) in [5.74, 6) is 1.29. The van der Waals surface area contributed by atoms with Gasteiger partial charge in [0.15, 0.2) is 0 Å². The number of rotatable bonds is 5. The van der Waals surface area contributed by atoms with Crippen molar-refractivity contribution in [3.05, 3.63) is 29.6 Å². The molecule has 0 radical (unpaired) electrons. The van der Waals surface area contributed by atoms with E-state index in [0.717, 1.165) is 35.4 Å². The highest BCUT2D eigenvalue weighted by Gasteiger charge is 2.13. The van der Waals surface area contributed by atoms with Crippen molar-refractivity contribution in [3.63, 3.8) is 0 Å². The maximum absolute atomic E-state index is 11.4. The van der Waals surface area contributed by atoms with Crippen molar-refractivity contribution < 1.29 is 4.21 Å². The number of aryl methyl sites for hydroxylation is 2. The predicted molar refractivity (Wildman–Crippen MR) is 82.2 cm³/mol. The molecule has 0 aliphatic carbocycles. The van der Waals surface area contributed by atoms with Crippen molar-refractivity contribution in [3.8, 4) is 0 Å². The average Bonchev–Trinajstić information content (AvgIpc) is 2.75. The van der Waals surface area contributed by atoms with E-state index in [-0.39, 0.29) is 5.25 Å². The molecule has 0 saturated carbocycles. The monoisotopic (exact) mass is 298 g/mol. The van der Waals surface area contributed by atoms with E-state index in [4.69, 9.17) is 11.6 Å². The number of imidazole rings is 1. The lowest BCUT2D eigenvalue weighted by atomic mass is 10.2. The summed E-state index contributed by atoms with van der Waals surface area (Å²) < 4.78 is 13.6. The van der Waals surface area contributed by atoms with Crippen LogP contribution in [0.2, 0.25) is 0 Å². The minimum Gasteiger partial charge on any atom is -0.327 e. The van der Waals surface area contributed by atoms with Gasteiger partial charge >= 0.3 is 0 Å². The normalized spacial score (nSPS) is 14.7. The molecular formula is C14H19ClN2OS. The third kappa shape index (κ3) is 3.00. The molecule has 0 saturated heterocycles. The van der Waals surface area contributed by atoms with E-state index in [2.05, 4.69) is 28.6 Å². The summed E-state index contributed by atoms with van der Waals surface area (Å²) in [6.45, 7) is 4.88. The Labute approximate surface area is 121 Å². The van der Waals surface area contributed by atoms with E-state index >= 15 is 0 Å². The van der Waals surface area contributed by atoms with Crippen molar-refractivity contribution in [2.24, 2.45) is 0 Å². The Hall–Kier alpha value is -0.870. The van der Waals surface area contributed by atoms with Gasteiger partial charge in [-0.1, -0.05) is 19.1 Å². The number of alkyl halides is 1. The lowest BCUT2D eigenvalue weighted by Gasteiger charge is -2.11. The maximum atomic E-state index is 11.4. The van der Waals surface area contributed by atoms with Gasteiger partial charge in [0, 0.05) is 28.9 Å². The Morgan fingerprint density at radius 1 is 1.47 bits per heavy atom. The molecule has 2 unspecified atom stereocenters. The molecule has 0 N–H and O–H groups in total. The van der Waals surface area contributed by atoms with Gasteiger partial charge in [-0.05, 0) is 25.0 Å². The van der Waals surface area contributed by atoms with E-state index in [0.29, 0.717) is 5.88 Å². The molecule has 2 atom stereocenters. The maximum Gasteiger partial charge on any atom is 0.124 e. The third-order valence-corrected chi connectivity index (χ3v) is 5.11. The van der Waals surface area contributed by atoms with Crippen LogP contribution >= 0.6 is 11.6 Å². The molecule has 2 aromatic rings. The van der Waals surface area contributed by atoms with Crippen LogP contribution in [0.25, 0.3) is 11.0 Å². The first-order chi connectivity index (χ1) is 9.04. The summed E-state index contributed by atoms with van der Waals surface area (Å²) >= 11 is 5.99. The van der Waals surface area contributed by atoms with Crippen molar-refractivity contribution >= 4 is 33.4 Å².